The van der Waals surface area contributed by atoms with E-state index < -0.39 is 4.92 Å². The number of hydrogen-bond acceptors (Lipinski definition) is 7. The Labute approximate surface area is 141 Å². The van der Waals surface area contributed by atoms with Crippen LogP contribution in [0.25, 0.3) is 11.3 Å². The van der Waals surface area contributed by atoms with Crippen molar-refractivity contribution in [2.45, 2.75) is 6.92 Å². The van der Waals surface area contributed by atoms with Crippen LogP contribution in [-0.4, -0.2) is 20.6 Å². The Balaban J connectivity index is 1.72. The summed E-state index contributed by atoms with van der Waals surface area (Å²) in [6, 6.07) is 10.1. The van der Waals surface area contributed by atoms with E-state index >= 15 is 0 Å². The number of thiazole rings is 1. The van der Waals surface area contributed by atoms with Crippen LogP contribution in [0.3, 0.4) is 0 Å². The molecule has 0 fully saturated rings. The second-order valence-electron chi connectivity index (χ2n) is 4.89. The maximum Gasteiger partial charge on any atom is 0.269 e. The minimum atomic E-state index is -0.423. The predicted molar refractivity (Wildman–Crippen MR) is 94.3 cm³/mol. The number of hydrazone groups is 1. The van der Waals surface area contributed by atoms with Gasteiger partial charge in [0.1, 0.15) is 0 Å². The molecule has 0 aliphatic carbocycles. The van der Waals surface area contributed by atoms with E-state index in [1.807, 2.05) is 24.4 Å². The van der Waals surface area contributed by atoms with E-state index in [9.17, 15) is 10.1 Å². The molecule has 0 bridgehead atoms. The van der Waals surface area contributed by atoms with Gasteiger partial charge in [-0.15, -0.1) is 11.3 Å². The summed E-state index contributed by atoms with van der Waals surface area (Å²) in [5, 5.41) is 17.5. The Hall–Kier alpha value is -3.13. The minimum Gasteiger partial charge on any atom is -0.264 e. The number of non-ortho nitro benzene ring substituents is 1. The van der Waals surface area contributed by atoms with Gasteiger partial charge in [-0.1, -0.05) is 6.07 Å². The molecule has 0 spiro atoms. The van der Waals surface area contributed by atoms with Crippen molar-refractivity contribution >= 4 is 27.9 Å². The molecule has 1 aromatic carbocycles. The number of nitro benzene ring substituents is 1. The molecule has 8 heteroatoms. The molecule has 0 saturated heterocycles. The summed E-state index contributed by atoms with van der Waals surface area (Å²) >= 11 is 1.41. The molecular formula is C16H13N5O2S. The van der Waals surface area contributed by atoms with Crippen LogP contribution in [0.5, 0.6) is 0 Å². The van der Waals surface area contributed by atoms with Gasteiger partial charge in [-0.2, -0.15) is 5.10 Å². The number of rotatable bonds is 5. The molecule has 7 nitrogen and oxygen atoms in total. The maximum absolute atomic E-state index is 10.7. The Morgan fingerprint density at radius 3 is 2.75 bits per heavy atom. The smallest absolute Gasteiger partial charge is 0.264 e. The zero-order chi connectivity index (χ0) is 16.9. The fraction of sp³-hybridized carbons (Fsp3) is 0.0625. The average molecular weight is 339 g/mol. The lowest BCUT2D eigenvalue weighted by atomic mass is 10.1. The molecule has 0 aliphatic rings. The molecule has 2 heterocycles. The Kier molecular flexibility index (Phi) is 4.57. The highest BCUT2D eigenvalue weighted by atomic mass is 32.1. The highest BCUT2D eigenvalue weighted by molar-refractivity contribution is 7.14. The molecule has 120 valence electrons. The van der Waals surface area contributed by atoms with Gasteiger partial charge in [0.15, 0.2) is 0 Å². The fourth-order valence-corrected chi connectivity index (χ4v) is 2.65. The van der Waals surface area contributed by atoms with Gasteiger partial charge in [0.2, 0.25) is 5.13 Å². The number of aromatic nitrogens is 2. The molecule has 3 rings (SSSR count). The van der Waals surface area contributed by atoms with Gasteiger partial charge in [-0.05, 0) is 25.1 Å². The summed E-state index contributed by atoms with van der Waals surface area (Å²) < 4.78 is 0. The molecule has 0 saturated carbocycles. The summed E-state index contributed by atoms with van der Waals surface area (Å²) in [5.41, 5.74) is 6.27. The van der Waals surface area contributed by atoms with Crippen molar-refractivity contribution in [1.82, 2.24) is 9.97 Å². The number of nitrogens with one attached hydrogen (secondary N) is 1. The molecule has 1 N–H and O–H groups in total. The van der Waals surface area contributed by atoms with E-state index in [-0.39, 0.29) is 5.69 Å². The molecular weight excluding hydrogens is 326 g/mol. The first kappa shape index (κ1) is 15.8. The first-order valence-corrected chi connectivity index (χ1v) is 7.92. The lowest BCUT2D eigenvalue weighted by Crippen LogP contribution is -1.99. The first-order chi connectivity index (χ1) is 11.6. The lowest BCUT2D eigenvalue weighted by molar-refractivity contribution is -0.384. The van der Waals surface area contributed by atoms with Crippen molar-refractivity contribution in [3.05, 3.63) is 69.8 Å². The molecule has 0 atom stereocenters. The van der Waals surface area contributed by atoms with Crippen LogP contribution in [0, 0.1) is 10.1 Å². The van der Waals surface area contributed by atoms with Crippen LogP contribution in [0.4, 0.5) is 10.8 Å². The summed E-state index contributed by atoms with van der Waals surface area (Å²) in [6.45, 7) is 1.88. The number of nitro groups is 1. The van der Waals surface area contributed by atoms with E-state index in [1.54, 1.807) is 24.5 Å². The third-order valence-electron chi connectivity index (χ3n) is 3.28. The van der Waals surface area contributed by atoms with Gasteiger partial charge in [0.05, 0.1) is 16.3 Å². The predicted octanol–water partition coefficient (Wildman–Crippen LogP) is 3.95. The van der Waals surface area contributed by atoms with Crippen LogP contribution >= 0.6 is 11.3 Å². The third kappa shape index (κ3) is 3.61. The maximum atomic E-state index is 10.7. The van der Waals surface area contributed by atoms with Crippen LogP contribution in [-0.2, 0) is 0 Å². The molecule has 3 aromatic rings. The standard InChI is InChI=1S/C16H13N5O2S/c1-11(13-3-2-8-17-9-13)19-20-16-18-15(10-24-16)12-4-6-14(7-5-12)21(22)23/h2-10H,1H3,(H,18,20)/b19-11+. The zero-order valence-electron chi connectivity index (χ0n) is 12.7. The number of anilines is 1. The van der Waals surface area contributed by atoms with Crippen LogP contribution in [0.1, 0.15) is 12.5 Å². The number of hydrogen-bond donors (Lipinski definition) is 1. The van der Waals surface area contributed by atoms with Crippen molar-refractivity contribution in [2.75, 3.05) is 5.43 Å². The third-order valence-corrected chi connectivity index (χ3v) is 4.02. The fourth-order valence-electron chi connectivity index (χ4n) is 1.98. The van der Waals surface area contributed by atoms with Gasteiger partial charge in [-0.25, -0.2) is 4.98 Å². The van der Waals surface area contributed by atoms with Gasteiger partial charge >= 0.3 is 0 Å². The normalized spacial score (nSPS) is 11.3. The van der Waals surface area contributed by atoms with Gasteiger partial charge in [0.25, 0.3) is 5.69 Å². The second-order valence-corrected chi connectivity index (χ2v) is 5.75. The molecule has 0 radical (unpaired) electrons. The van der Waals surface area contributed by atoms with Crippen LogP contribution in [0.2, 0.25) is 0 Å². The highest BCUT2D eigenvalue weighted by Crippen LogP contribution is 2.26. The van der Waals surface area contributed by atoms with Crippen molar-refractivity contribution in [3.63, 3.8) is 0 Å². The molecule has 0 amide bonds. The molecule has 0 unspecified atom stereocenters. The lowest BCUT2D eigenvalue weighted by Gasteiger charge is -2.00. The van der Waals surface area contributed by atoms with Crippen LogP contribution < -0.4 is 5.43 Å². The van der Waals surface area contributed by atoms with Gasteiger partial charge in [-0.3, -0.25) is 20.5 Å². The Bertz CT molecular complexity index is 875. The topological polar surface area (TPSA) is 93.3 Å². The number of pyridine rings is 1. The largest absolute Gasteiger partial charge is 0.269 e. The van der Waals surface area contributed by atoms with Crippen molar-refractivity contribution in [3.8, 4) is 11.3 Å². The van der Waals surface area contributed by atoms with E-state index in [0.29, 0.717) is 5.13 Å². The SMILES string of the molecule is C/C(=N\Nc1nc(-c2ccc([N+](=O)[O-])cc2)cs1)c1cccnc1. The second kappa shape index (κ2) is 6.97. The first-order valence-electron chi connectivity index (χ1n) is 7.04. The molecule has 24 heavy (non-hydrogen) atoms. The number of benzene rings is 1. The van der Waals surface area contributed by atoms with E-state index in [1.165, 1.54) is 23.5 Å². The van der Waals surface area contributed by atoms with E-state index in [2.05, 4.69) is 20.5 Å². The van der Waals surface area contributed by atoms with E-state index in [4.69, 9.17) is 0 Å². The Morgan fingerprint density at radius 1 is 1.29 bits per heavy atom. The number of nitrogens with zero attached hydrogens (tertiary/aromatic N) is 4. The quantitative estimate of drug-likeness (QED) is 0.431. The molecule has 0 aliphatic heterocycles. The molecule has 2 aromatic heterocycles. The van der Waals surface area contributed by atoms with Gasteiger partial charge < -0.3 is 0 Å². The highest BCUT2D eigenvalue weighted by Gasteiger charge is 2.08. The van der Waals surface area contributed by atoms with Crippen molar-refractivity contribution in [1.29, 1.82) is 0 Å². The summed E-state index contributed by atoms with van der Waals surface area (Å²) in [6.07, 6.45) is 3.45. The van der Waals surface area contributed by atoms with Crippen molar-refractivity contribution < 1.29 is 4.92 Å². The summed E-state index contributed by atoms with van der Waals surface area (Å²) in [7, 11) is 0. The van der Waals surface area contributed by atoms with E-state index in [0.717, 1.165) is 22.5 Å². The monoisotopic (exact) mass is 339 g/mol. The Morgan fingerprint density at radius 2 is 2.08 bits per heavy atom. The van der Waals surface area contributed by atoms with Crippen LogP contribution in [0.15, 0.2) is 59.3 Å². The summed E-state index contributed by atoms with van der Waals surface area (Å²) in [5.74, 6) is 0. The average Bonchev–Trinajstić information content (AvgIpc) is 3.09. The summed E-state index contributed by atoms with van der Waals surface area (Å²) in [4.78, 5) is 18.7. The zero-order valence-corrected chi connectivity index (χ0v) is 13.5. The van der Waals surface area contributed by atoms with Gasteiger partial charge in [0, 0.05) is 41.0 Å². The minimum absolute atomic E-state index is 0.0593. The van der Waals surface area contributed by atoms with Crippen molar-refractivity contribution in [2.24, 2.45) is 5.10 Å².